The molecule has 2 aromatic heterocycles. The molecule has 0 radical (unpaired) electrons. The second kappa shape index (κ2) is 6.05. The van der Waals surface area contributed by atoms with E-state index in [9.17, 15) is 0 Å². The summed E-state index contributed by atoms with van der Waals surface area (Å²) in [5.41, 5.74) is 2.07. The molecule has 2 rings (SSSR count). The number of imidazole rings is 1. The zero-order chi connectivity index (χ0) is 12.8. The molecule has 0 atom stereocenters. The molecule has 0 unspecified atom stereocenters. The lowest BCUT2D eigenvalue weighted by Crippen LogP contribution is -2.22. The Hall–Kier alpha value is -2.04. The van der Waals surface area contributed by atoms with Gasteiger partial charge in [-0.3, -0.25) is 0 Å². The summed E-state index contributed by atoms with van der Waals surface area (Å²) < 4.78 is 0. The molecule has 0 aliphatic carbocycles. The van der Waals surface area contributed by atoms with Crippen LogP contribution in [0.3, 0.4) is 0 Å². The van der Waals surface area contributed by atoms with Gasteiger partial charge in [-0.1, -0.05) is 0 Å². The van der Waals surface area contributed by atoms with Gasteiger partial charge in [-0.25, -0.2) is 9.97 Å². The fraction of sp³-hybridized carbons (Fsp3) is 0.385. The van der Waals surface area contributed by atoms with Gasteiger partial charge in [0.15, 0.2) is 0 Å². The molecule has 2 N–H and O–H groups in total. The minimum Gasteiger partial charge on any atom is -0.378 e. The molecule has 2 aromatic rings. The number of hydrogen-bond donors (Lipinski definition) is 2. The molecule has 0 aromatic carbocycles. The molecular formula is C13H19N5. The van der Waals surface area contributed by atoms with Crippen molar-refractivity contribution in [2.24, 2.45) is 0 Å². The second-order valence-electron chi connectivity index (χ2n) is 4.01. The van der Waals surface area contributed by atoms with Crippen LogP contribution < -0.4 is 10.2 Å². The smallest absolute Gasteiger partial charge is 0.128 e. The molecule has 5 heteroatoms. The highest BCUT2D eigenvalue weighted by molar-refractivity contribution is 5.48. The summed E-state index contributed by atoms with van der Waals surface area (Å²) in [4.78, 5) is 13.7. The van der Waals surface area contributed by atoms with Crippen LogP contribution in [0.5, 0.6) is 0 Å². The third kappa shape index (κ3) is 3.00. The Morgan fingerprint density at radius 2 is 2.06 bits per heavy atom. The van der Waals surface area contributed by atoms with Crippen molar-refractivity contribution in [2.45, 2.75) is 20.4 Å². The Bertz CT molecular complexity index is 445. The number of nitrogens with zero attached hydrogens (tertiary/aromatic N) is 3. The third-order valence-electron chi connectivity index (χ3n) is 2.87. The minimum atomic E-state index is 0.728. The predicted molar refractivity (Wildman–Crippen MR) is 73.7 cm³/mol. The molecule has 0 bridgehead atoms. The maximum Gasteiger partial charge on any atom is 0.128 e. The van der Waals surface area contributed by atoms with E-state index >= 15 is 0 Å². The fourth-order valence-corrected chi connectivity index (χ4v) is 1.80. The number of nitrogens with one attached hydrogen (secondary N) is 2. The van der Waals surface area contributed by atoms with Gasteiger partial charge in [0.2, 0.25) is 0 Å². The van der Waals surface area contributed by atoms with Gasteiger partial charge >= 0.3 is 0 Å². The largest absolute Gasteiger partial charge is 0.378 e. The predicted octanol–water partition coefficient (Wildman–Crippen LogP) is 2.26. The quantitative estimate of drug-likeness (QED) is 0.819. The maximum atomic E-state index is 4.46. The van der Waals surface area contributed by atoms with Crippen molar-refractivity contribution < 1.29 is 0 Å². The van der Waals surface area contributed by atoms with Crippen LogP contribution >= 0.6 is 0 Å². The molecule has 96 valence electrons. The van der Waals surface area contributed by atoms with Gasteiger partial charge in [-0.05, 0) is 26.0 Å². The van der Waals surface area contributed by atoms with Crippen LogP contribution in [0.15, 0.2) is 30.9 Å². The lowest BCUT2D eigenvalue weighted by atomic mass is 10.3. The van der Waals surface area contributed by atoms with Crippen molar-refractivity contribution in [3.05, 3.63) is 36.5 Å². The molecular weight excluding hydrogens is 226 g/mol. The van der Waals surface area contributed by atoms with Gasteiger partial charge in [0, 0.05) is 19.3 Å². The first kappa shape index (κ1) is 12.4. The van der Waals surface area contributed by atoms with Crippen LogP contribution in [0.25, 0.3) is 0 Å². The van der Waals surface area contributed by atoms with E-state index in [1.807, 2.05) is 18.5 Å². The highest BCUT2D eigenvalue weighted by Gasteiger charge is 2.02. The van der Waals surface area contributed by atoms with Crippen LogP contribution in [0, 0.1) is 0 Å². The van der Waals surface area contributed by atoms with Gasteiger partial charge in [-0.15, -0.1) is 0 Å². The number of hydrogen-bond acceptors (Lipinski definition) is 4. The Morgan fingerprint density at radius 3 is 2.61 bits per heavy atom. The summed E-state index contributed by atoms with van der Waals surface area (Å²) >= 11 is 0. The summed E-state index contributed by atoms with van der Waals surface area (Å²) in [6, 6.07) is 4.10. The van der Waals surface area contributed by atoms with Gasteiger partial charge in [0.25, 0.3) is 0 Å². The van der Waals surface area contributed by atoms with E-state index in [1.54, 1.807) is 6.33 Å². The monoisotopic (exact) mass is 245 g/mol. The van der Waals surface area contributed by atoms with Gasteiger partial charge in [-0.2, -0.15) is 0 Å². The molecule has 0 aliphatic heterocycles. The zero-order valence-electron chi connectivity index (χ0n) is 10.8. The number of rotatable bonds is 6. The SMILES string of the molecule is CCN(CC)c1ccc(NCc2cnc[nH]2)cn1. The first-order chi connectivity index (χ1) is 8.83. The van der Waals surface area contributed by atoms with Crippen LogP contribution in [-0.4, -0.2) is 28.0 Å². The average Bonchev–Trinajstić information content (AvgIpc) is 2.92. The summed E-state index contributed by atoms with van der Waals surface area (Å²) in [5.74, 6) is 1.02. The Balaban J connectivity index is 1.95. The molecule has 5 nitrogen and oxygen atoms in total. The van der Waals surface area contributed by atoms with E-state index in [2.05, 4.69) is 45.1 Å². The average molecular weight is 245 g/mol. The third-order valence-corrected chi connectivity index (χ3v) is 2.87. The molecule has 0 spiro atoms. The van der Waals surface area contributed by atoms with Crippen molar-refractivity contribution in [3.8, 4) is 0 Å². The van der Waals surface area contributed by atoms with Gasteiger partial charge in [0.1, 0.15) is 5.82 Å². The Morgan fingerprint density at radius 1 is 1.22 bits per heavy atom. The van der Waals surface area contributed by atoms with E-state index in [0.29, 0.717) is 0 Å². The topological polar surface area (TPSA) is 56.8 Å². The Labute approximate surface area is 107 Å². The summed E-state index contributed by atoms with van der Waals surface area (Å²) in [5, 5.41) is 3.30. The van der Waals surface area contributed by atoms with Crippen molar-refractivity contribution in [1.29, 1.82) is 0 Å². The first-order valence-electron chi connectivity index (χ1n) is 6.25. The Kier molecular flexibility index (Phi) is 4.17. The van der Waals surface area contributed by atoms with Crippen molar-refractivity contribution in [2.75, 3.05) is 23.3 Å². The van der Waals surface area contributed by atoms with E-state index in [4.69, 9.17) is 0 Å². The summed E-state index contributed by atoms with van der Waals surface area (Å²) in [6.07, 6.45) is 5.35. The number of aromatic amines is 1. The summed E-state index contributed by atoms with van der Waals surface area (Å²) in [6.45, 7) is 6.95. The zero-order valence-corrected chi connectivity index (χ0v) is 10.8. The highest BCUT2D eigenvalue weighted by Crippen LogP contribution is 2.14. The standard InChI is InChI=1S/C13H19N5/c1-3-18(4-2)13-6-5-11(8-16-13)15-9-12-7-14-10-17-12/h5-8,10,15H,3-4,9H2,1-2H3,(H,14,17). The lowest BCUT2D eigenvalue weighted by Gasteiger charge is -2.19. The van der Waals surface area contributed by atoms with Crippen LogP contribution in [-0.2, 0) is 6.54 Å². The lowest BCUT2D eigenvalue weighted by molar-refractivity contribution is 0.846. The second-order valence-corrected chi connectivity index (χ2v) is 4.01. The maximum absolute atomic E-state index is 4.46. The molecule has 18 heavy (non-hydrogen) atoms. The molecule has 0 fully saturated rings. The van der Waals surface area contributed by atoms with E-state index in [1.165, 1.54) is 0 Å². The van der Waals surface area contributed by atoms with Crippen LogP contribution in [0.2, 0.25) is 0 Å². The molecule has 0 saturated carbocycles. The van der Waals surface area contributed by atoms with Gasteiger partial charge < -0.3 is 15.2 Å². The van der Waals surface area contributed by atoms with E-state index < -0.39 is 0 Å². The van der Waals surface area contributed by atoms with Crippen LogP contribution in [0.4, 0.5) is 11.5 Å². The number of H-pyrrole nitrogens is 1. The normalized spacial score (nSPS) is 10.3. The molecule has 2 heterocycles. The highest BCUT2D eigenvalue weighted by atomic mass is 15.2. The minimum absolute atomic E-state index is 0.728. The number of pyridine rings is 1. The molecule has 0 amide bonds. The first-order valence-corrected chi connectivity index (χ1v) is 6.25. The number of anilines is 2. The van der Waals surface area contributed by atoms with Crippen molar-refractivity contribution in [1.82, 2.24) is 15.0 Å². The van der Waals surface area contributed by atoms with Gasteiger partial charge in [0.05, 0.1) is 30.5 Å². The van der Waals surface area contributed by atoms with Crippen molar-refractivity contribution >= 4 is 11.5 Å². The number of aromatic nitrogens is 3. The fourth-order valence-electron chi connectivity index (χ4n) is 1.80. The van der Waals surface area contributed by atoms with E-state index in [-0.39, 0.29) is 0 Å². The molecule has 0 aliphatic rings. The summed E-state index contributed by atoms with van der Waals surface area (Å²) in [7, 11) is 0. The van der Waals surface area contributed by atoms with E-state index in [0.717, 1.165) is 36.8 Å². The molecule has 0 saturated heterocycles. The van der Waals surface area contributed by atoms with Crippen LogP contribution in [0.1, 0.15) is 19.5 Å². The van der Waals surface area contributed by atoms with Crippen molar-refractivity contribution in [3.63, 3.8) is 0 Å².